The lowest BCUT2D eigenvalue weighted by molar-refractivity contribution is -0.141. The van der Waals surface area contributed by atoms with Crippen molar-refractivity contribution in [2.45, 2.75) is 102 Å². The summed E-state index contributed by atoms with van der Waals surface area (Å²) in [6.45, 7) is 6.52. The Morgan fingerprint density at radius 1 is 0.949 bits per heavy atom. The van der Waals surface area contributed by atoms with Gasteiger partial charge in [-0.05, 0) is 76.0 Å². The molecule has 0 aliphatic carbocycles. The summed E-state index contributed by atoms with van der Waals surface area (Å²) in [4.78, 5) is 67.1. The minimum atomic E-state index is -1.05. The van der Waals surface area contributed by atoms with Crippen LogP contribution in [0.15, 0.2) is 29.4 Å². The first-order chi connectivity index (χ1) is 18.7. The molecule has 11 nitrogen and oxygen atoms in total. The summed E-state index contributed by atoms with van der Waals surface area (Å²) in [5.74, 6) is -1.42. The number of aryl methyl sites for hydroxylation is 1. The topological polar surface area (TPSA) is 148 Å². The number of benzene rings is 1. The van der Waals surface area contributed by atoms with Gasteiger partial charge in [0.05, 0.1) is 0 Å². The zero-order valence-corrected chi connectivity index (χ0v) is 23.1. The van der Waals surface area contributed by atoms with Crippen LogP contribution in [0.1, 0.15) is 71.3 Å². The fourth-order valence-electron chi connectivity index (χ4n) is 5.37. The van der Waals surface area contributed by atoms with Crippen LogP contribution in [0.25, 0.3) is 0 Å². The second-order valence-corrected chi connectivity index (χ2v) is 10.5. The largest absolute Gasteiger partial charge is 0.508 e. The van der Waals surface area contributed by atoms with E-state index in [9.17, 15) is 29.2 Å². The summed E-state index contributed by atoms with van der Waals surface area (Å²) in [5, 5.41) is 18.2. The van der Waals surface area contributed by atoms with E-state index in [1.54, 1.807) is 36.1 Å². The molecule has 2 aliphatic heterocycles. The molecule has 2 aliphatic rings. The Morgan fingerprint density at radius 2 is 1.62 bits per heavy atom. The highest BCUT2D eigenvalue weighted by molar-refractivity contribution is 5.95. The first kappa shape index (κ1) is 30.0. The van der Waals surface area contributed by atoms with Crippen molar-refractivity contribution in [2.24, 2.45) is 5.18 Å². The molecule has 5 atom stereocenters. The number of likely N-dealkylation sites (tertiary alicyclic amines) is 2. The standard InChI is InChI=1S/C28H41N5O6/c1-4-21(27(37)32-16-6-8-18(32)3)29-25(35)23(15-12-19-10-13-20(34)14-11-19)30-26(36)24-9-7-17-33(24)28(38)22(5-2)31-39/h10-11,13-14,18,21-24,34H,4-9,12,15-17H2,1-3H3,(H,29,35)(H,30,36). The van der Waals surface area contributed by atoms with Gasteiger partial charge in [0.2, 0.25) is 17.7 Å². The van der Waals surface area contributed by atoms with Crippen LogP contribution in [0.5, 0.6) is 5.75 Å². The Hall–Kier alpha value is -3.50. The summed E-state index contributed by atoms with van der Waals surface area (Å²) in [5.41, 5.74) is 0.870. The van der Waals surface area contributed by atoms with Gasteiger partial charge in [0.15, 0.2) is 6.04 Å². The zero-order valence-electron chi connectivity index (χ0n) is 23.1. The molecule has 0 aromatic heterocycles. The maximum atomic E-state index is 13.5. The number of nitroso groups, excluding NO2 is 1. The highest BCUT2D eigenvalue weighted by Crippen LogP contribution is 2.21. The number of carbonyl (C=O) groups is 4. The first-order valence-corrected chi connectivity index (χ1v) is 14.0. The molecular formula is C28H41N5O6. The molecule has 0 spiro atoms. The number of nitrogens with zero attached hydrogens (tertiary/aromatic N) is 3. The number of phenols is 1. The molecule has 11 heteroatoms. The molecule has 3 rings (SSSR count). The molecule has 214 valence electrons. The van der Waals surface area contributed by atoms with Crippen LogP contribution in [0, 0.1) is 4.91 Å². The third-order valence-corrected chi connectivity index (χ3v) is 7.79. The second kappa shape index (κ2) is 14.0. The third kappa shape index (κ3) is 7.54. The Morgan fingerprint density at radius 3 is 2.21 bits per heavy atom. The number of carbonyl (C=O) groups excluding carboxylic acids is 4. The minimum absolute atomic E-state index is 0.118. The van der Waals surface area contributed by atoms with E-state index in [4.69, 9.17) is 0 Å². The van der Waals surface area contributed by atoms with E-state index in [-0.39, 0.29) is 30.5 Å². The van der Waals surface area contributed by atoms with Gasteiger partial charge >= 0.3 is 0 Å². The first-order valence-electron chi connectivity index (χ1n) is 14.0. The van der Waals surface area contributed by atoms with Gasteiger partial charge in [-0.15, -0.1) is 4.91 Å². The summed E-state index contributed by atoms with van der Waals surface area (Å²) < 4.78 is 0. The Bertz CT molecular complexity index is 1030. The van der Waals surface area contributed by atoms with Crippen molar-refractivity contribution in [3.63, 3.8) is 0 Å². The number of nitrogens with one attached hydrogen (secondary N) is 2. The van der Waals surface area contributed by atoms with Crippen molar-refractivity contribution < 1.29 is 24.3 Å². The molecule has 3 N–H and O–H groups in total. The normalized spacial score (nSPS) is 21.2. The fraction of sp³-hybridized carbons (Fsp3) is 0.643. The van der Waals surface area contributed by atoms with Crippen molar-refractivity contribution in [1.82, 2.24) is 20.4 Å². The molecule has 1 aromatic carbocycles. The summed E-state index contributed by atoms with van der Waals surface area (Å²) >= 11 is 0. The molecule has 2 heterocycles. The van der Waals surface area contributed by atoms with Crippen molar-refractivity contribution >= 4 is 23.6 Å². The lowest BCUT2D eigenvalue weighted by Gasteiger charge is -2.30. The van der Waals surface area contributed by atoms with E-state index in [0.717, 1.165) is 18.4 Å². The van der Waals surface area contributed by atoms with E-state index in [1.165, 1.54) is 4.90 Å². The maximum absolute atomic E-state index is 13.5. The van der Waals surface area contributed by atoms with Crippen molar-refractivity contribution in [2.75, 3.05) is 13.1 Å². The van der Waals surface area contributed by atoms with Gasteiger partial charge in [-0.1, -0.05) is 31.2 Å². The average Bonchev–Trinajstić information content (AvgIpc) is 3.60. The molecule has 1 aromatic rings. The van der Waals surface area contributed by atoms with E-state index in [1.807, 2.05) is 13.8 Å². The van der Waals surface area contributed by atoms with E-state index >= 15 is 0 Å². The molecular weight excluding hydrogens is 502 g/mol. The molecule has 0 radical (unpaired) electrons. The predicted octanol–water partition coefficient (Wildman–Crippen LogP) is 2.25. The van der Waals surface area contributed by atoms with Crippen LogP contribution in [0.4, 0.5) is 0 Å². The molecule has 0 bridgehead atoms. The van der Waals surface area contributed by atoms with Crippen molar-refractivity contribution in [1.29, 1.82) is 0 Å². The Kier molecular flexibility index (Phi) is 10.8. The van der Waals surface area contributed by atoms with Gasteiger partial charge in [-0.25, -0.2) is 0 Å². The summed E-state index contributed by atoms with van der Waals surface area (Å²) in [6, 6.07) is 3.21. The number of hydrogen-bond donors (Lipinski definition) is 3. The Balaban J connectivity index is 1.74. The van der Waals surface area contributed by atoms with Gasteiger partial charge in [0, 0.05) is 19.1 Å². The van der Waals surface area contributed by atoms with Gasteiger partial charge in [-0.2, -0.15) is 0 Å². The second-order valence-electron chi connectivity index (χ2n) is 10.5. The smallest absolute Gasteiger partial charge is 0.251 e. The lowest BCUT2D eigenvalue weighted by atomic mass is 10.0. The quantitative estimate of drug-likeness (QED) is 0.344. The summed E-state index contributed by atoms with van der Waals surface area (Å²) in [7, 11) is 0. The van der Waals surface area contributed by atoms with Crippen LogP contribution in [-0.4, -0.2) is 81.8 Å². The van der Waals surface area contributed by atoms with Crippen molar-refractivity contribution in [3.8, 4) is 5.75 Å². The molecule has 39 heavy (non-hydrogen) atoms. The number of aromatic hydroxyl groups is 1. The van der Waals surface area contributed by atoms with Gasteiger partial charge in [-0.3, -0.25) is 19.2 Å². The number of rotatable bonds is 12. The molecule has 5 unspecified atom stereocenters. The number of hydrogen-bond acceptors (Lipinski definition) is 7. The van der Waals surface area contributed by atoms with Gasteiger partial charge < -0.3 is 25.5 Å². The maximum Gasteiger partial charge on any atom is 0.251 e. The molecule has 2 saturated heterocycles. The van der Waals surface area contributed by atoms with Crippen LogP contribution >= 0.6 is 0 Å². The SMILES string of the molecule is CCC(N=O)C(=O)N1CCCC1C(=O)NC(CCc1ccc(O)cc1)C(=O)NC(CC)C(=O)N1CCCC1C. The van der Waals surface area contributed by atoms with E-state index in [2.05, 4.69) is 15.8 Å². The van der Waals surface area contributed by atoms with Crippen LogP contribution < -0.4 is 10.6 Å². The van der Waals surface area contributed by atoms with Crippen LogP contribution in [0.3, 0.4) is 0 Å². The third-order valence-electron chi connectivity index (χ3n) is 7.79. The molecule has 4 amide bonds. The summed E-state index contributed by atoms with van der Waals surface area (Å²) in [6.07, 6.45) is 4.22. The van der Waals surface area contributed by atoms with Crippen molar-refractivity contribution in [3.05, 3.63) is 34.7 Å². The Labute approximate surface area is 229 Å². The minimum Gasteiger partial charge on any atom is -0.508 e. The van der Waals surface area contributed by atoms with E-state index in [0.29, 0.717) is 38.8 Å². The van der Waals surface area contributed by atoms with Crippen LogP contribution in [0.2, 0.25) is 0 Å². The average molecular weight is 544 g/mol. The monoisotopic (exact) mass is 543 g/mol. The highest BCUT2D eigenvalue weighted by Gasteiger charge is 2.39. The zero-order chi connectivity index (χ0) is 28.5. The lowest BCUT2D eigenvalue weighted by Crippen LogP contribution is -2.57. The predicted molar refractivity (Wildman–Crippen MR) is 146 cm³/mol. The molecule has 0 saturated carbocycles. The van der Waals surface area contributed by atoms with Gasteiger partial charge in [0.1, 0.15) is 23.9 Å². The van der Waals surface area contributed by atoms with Gasteiger partial charge in [0.25, 0.3) is 5.91 Å². The molecule has 2 fully saturated rings. The highest BCUT2D eigenvalue weighted by atomic mass is 16.3. The van der Waals surface area contributed by atoms with E-state index < -0.39 is 41.9 Å². The van der Waals surface area contributed by atoms with Crippen LogP contribution in [-0.2, 0) is 25.6 Å². The number of phenolic OH excluding ortho intramolecular Hbond substituents is 1. The number of amides is 4. The fourth-order valence-corrected chi connectivity index (χ4v) is 5.37.